The van der Waals surface area contributed by atoms with Gasteiger partial charge in [-0.15, -0.1) is 13.2 Å². The number of fused-ring (bicyclic) bond motifs is 2. The Morgan fingerprint density at radius 1 is 0.622 bits per heavy atom. The van der Waals surface area contributed by atoms with E-state index in [0.29, 0.717) is 51.9 Å². The van der Waals surface area contributed by atoms with Gasteiger partial charge in [0.25, 0.3) is 16.6 Å². The van der Waals surface area contributed by atoms with Crippen LogP contribution < -0.4 is 20.7 Å². The van der Waals surface area contributed by atoms with Gasteiger partial charge in [-0.1, -0.05) is 228 Å². The maximum absolute atomic E-state index is 15.8. The van der Waals surface area contributed by atoms with Gasteiger partial charge in [-0.25, -0.2) is 4.79 Å². The van der Waals surface area contributed by atoms with E-state index in [1.165, 1.54) is 0 Å². The molecule has 7 fully saturated rings. The summed E-state index contributed by atoms with van der Waals surface area (Å²) in [7, 11) is -7.25. The maximum atomic E-state index is 15.8. The topological polar surface area (TPSA) is 157 Å². The Hall–Kier alpha value is -5.31. The molecule has 0 aromatic heterocycles. The molecule has 4 aromatic rings. The number of methoxy groups -OCH3 is 1. The second kappa shape index (κ2) is 36.9. The van der Waals surface area contributed by atoms with E-state index in [4.69, 9.17) is 60.6 Å². The van der Waals surface area contributed by atoms with Gasteiger partial charge in [0.15, 0.2) is 8.32 Å². The monoisotopic (exact) mass is 1580 g/mol. The maximum Gasteiger partial charge on any atom is 0.412 e. The molecule has 2 unspecified atom stereocenters. The van der Waals surface area contributed by atoms with Crippen LogP contribution >= 0.6 is 0 Å². The highest BCUT2D eigenvalue weighted by Gasteiger charge is 2.65. The van der Waals surface area contributed by atoms with Crippen LogP contribution in [0.15, 0.2) is 183 Å². The minimum Gasteiger partial charge on any atom is -0.444 e. The Balaban J connectivity index is 0.928. The molecule has 0 aliphatic carbocycles. The average Bonchev–Trinajstić information content (AvgIpc) is 1.67. The molecule has 19 atom stereocenters. The lowest BCUT2D eigenvalue weighted by atomic mass is 9.81. The number of ether oxygens (including phenoxy) is 10. The molecule has 11 rings (SSSR count). The van der Waals surface area contributed by atoms with Crippen molar-refractivity contribution in [2.24, 2.45) is 11.8 Å². The molecule has 0 saturated carbocycles. The van der Waals surface area contributed by atoms with Crippen LogP contribution in [-0.4, -0.2) is 184 Å². The van der Waals surface area contributed by atoms with E-state index in [9.17, 15) is 4.79 Å². The fraction of sp³-hybridized carbons (Fsp3) is 0.609. The third-order valence-electron chi connectivity index (χ3n) is 25.0. The van der Waals surface area contributed by atoms with Crippen molar-refractivity contribution in [3.63, 3.8) is 0 Å². The summed E-state index contributed by atoms with van der Waals surface area (Å²) >= 11 is 0. The van der Waals surface area contributed by atoms with Gasteiger partial charge in [-0.2, -0.15) is 0 Å². The van der Waals surface area contributed by atoms with Gasteiger partial charge < -0.3 is 60.6 Å². The van der Waals surface area contributed by atoms with Crippen molar-refractivity contribution in [2.75, 3.05) is 26.9 Å². The zero-order chi connectivity index (χ0) is 79.8. The molecule has 0 radical (unpaired) electrons. The molecule has 7 aliphatic heterocycles. The number of amides is 1. The lowest BCUT2D eigenvalue weighted by molar-refractivity contribution is -0.254. The molecule has 4 aromatic carbocycles. The van der Waals surface area contributed by atoms with E-state index in [2.05, 4.69) is 223 Å². The lowest BCUT2D eigenvalue weighted by Gasteiger charge is -2.53. The van der Waals surface area contributed by atoms with Crippen LogP contribution in [0.1, 0.15) is 174 Å². The number of hydrogen-bond acceptors (Lipinski definition) is 15. The lowest BCUT2D eigenvalue weighted by Crippen LogP contribution is -2.73. The molecule has 16 nitrogen and oxygen atoms in total. The highest BCUT2D eigenvalue weighted by molar-refractivity contribution is 7.00. The van der Waals surface area contributed by atoms with Crippen LogP contribution in [0.4, 0.5) is 4.79 Å². The highest BCUT2D eigenvalue weighted by atomic mass is 28.4. The third kappa shape index (κ3) is 19.5. The number of hydrogen-bond donors (Lipinski definition) is 0. The fourth-order valence-electron chi connectivity index (χ4n) is 19.2. The second-order valence-electron chi connectivity index (χ2n) is 36.0. The van der Waals surface area contributed by atoms with Crippen molar-refractivity contribution in [1.82, 2.24) is 4.90 Å². The summed E-state index contributed by atoms with van der Waals surface area (Å²) in [5, 5.41) is 3.76. The van der Waals surface area contributed by atoms with Gasteiger partial charge in [0.05, 0.1) is 93.0 Å². The Bertz CT molecular complexity index is 3660. The summed E-state index contributed by atoms with van der Waals surface area (Å²) in [6.45, 7) is 51.0. The molecule has 7 heterocycles. The standard InChI is InChI=1S/C92H133NO15Si3/c1-21-52-97-53-38-39-67-55-63(7)76(98-67)50-48-68-54-62(6)64(8)78(99-68)60-79-75(82(96-20)80(101-79)59-70-61-93(92(18,19)104-70)88(95)105-89(9,10)11)57-65(94)56-69-49-51-77-83(100-69)87(108-111(91(15,16)17,73-44-34-28-35-45-73)74-46-36-29-37-47-74)86-85(102-77)84(81(103-86)58-66(22-2)106-109(23-3,24-4)25-5)107-110(90(12,13)14,71-40-30-26-31-41-71)72-42-32-27-33-43-72/h21-22,26-47,62,66-70,75-87H,1-2,7-8,23-25,48-61H2,3-6,9-20H3/b39-38+/t62-,66?,67+,68+,69-,70?,75+,76+,77+,78-,79+,80-,81-,82-,83+,84+,85+,86-,87+/m1/s1. The molecule has 1 amide bonds. The number of rotatable bonds is 33. The SMILES string of the molecule is C=CCOC/C=C/[C@H]1CC(=C)[C@H](CC[C@H]2C[C@@H](C)C(=C)[C@@H](C[C@@H]3O[C@H](CC4CN(C(=O)OC(C)(C)C)C(C)(C)O4)[C@H](OC)[C@H]3CC(=O)C[C@H]3CC[C@@H]4O[C@@H]5[C@@H](O[C@H](CC(C=C)O[Si](CC)(CC)CC)[C@@H]5O[Si](c5ccccc5)(c5ccccc5)C(C)(C)C)[C@@H](O[Si](c5ccccc5)(c5ccccc5)C(C)(C)C)[C@H]4O3)O2)O1. The number of benzene rings is 4. The normalized spacial score (nSPS) is 30.3. The van der Waals surface area contributed by atoms with E-state index in [1.54, 1.807) is 18.1 Å². The molecule has 19 heteroatoms. The molecule has 608 valence electrons. The summed E-state index contributed by atoms with van der Waals surface area (Å²) < 4.78 is 93.7. The first-order valence-corrected chi connectivity index (χ1v) is 47.9. The molecule has 111 heavy (non-hydrogen) atoms. The van der Waals surface area contributed by atoms with Crippen molar-refractivity contribution < 1.29 is 70.2 Å². The molecule has 7 aliphatic rings. The minimum absolute atomic E-state index is 0.0364. The Morgan fingerprint density at radius 2 is 1.19 bits per heavy atom. The smallest absolute Gasteiger partial charge is 0.412 e. The number of nitrogens with zero attached hydrogens (tertiary/aromatic N) is 1. The van der Waals surface area contributed by atoms with Gasteiger partial charge in [-0.05, 0) is 133 Å². The summed E-state index contributed by atoms with van der Waals surface area (Å²) in [6, 6.07) is 46.3. The average molecular weight is 1580 g/mol. The Kier molecular flexibility index (Phi) is 28.8. The van der Waals surface area contributed by atoms with Gasteiger partial charge in [0, 0.05) is 51.6 Å². The summed E-state index contributed by atoms with van der Waals surface area (Å²) in [6.07, 6.45) is 5.73. The van der Waals surface area contributed by atoms with Gasteiger partial charge >= 0.3 is 6.09 Å². The fourth-order valence-corrected chi connectivity index (χ4v) is 31.4. The zero-order valence-corrected chi connectivity index (χ0v) is 72.7. The zero-order valence-electron chi connectivity index (χ0n) is 69.7. The predicted molar refractivity (Wildman–Crippen MR) is 449 cm³/mol. The van der Waals surface area contributed by atoms with E-state index >= 15 is 4.79 Å². The van der Waals surface area contributed by atoms with Crippen LogP contribution in [0.3, 0.4) is 0 Å². The van der Waals surface area contributed by atoms with E-state index in [1.807, 2.05) is 46.8 Å². The molecule has 0 N–H and O–H groups in total. The van der Waals surface area contributed by atoms with E-state index < -0.39 is 121 Å². The van der Waals surface area contributed by atoms with E-state index in [0.717, 1.165) is 75.7 Å². The number of carbonyl (C=O) groups is 2. The van der Waals surface area contributed by atoms with Crippen molar-refractivity contribution in [2.45, 2.75) is 318 Å². The number of Topliss-reactive ketones (excluding diaryl/α,β-unsaturated/α-hetero) is 1. The Labute approximate surface area is 668 Å². The first-order valence-electron chi connectivity index (χ1n) is 41.6. The molecular weight excluding hydrogens is 1440 g/mol. The third-order valence-corrected chi connectivity index (χ3v) is 39.7. The van der Waals surface area contributed by atoms with Crippen LogP contribution in [-0.2, 0) is 65.4 Å². The number of carbonyl (C=O) groups excluding carboxylic acids is 2. The molecular formula is C92H133NO15Si3. The summed E-state index contributed by atoms with van der Waals surface area (Å²) in [5.74, 6) is -0.186. The minimum atomic E-state index is -3.43. The van der Waals surface area contributed by atoms with E-state index in [-0.39, 0.29) is 66.0 Å². The van der Waals surface area contributed by atoms with Crippen molar-refractivity contribution in [3.8, 4) is 0 Å². The predicted octanol–water partition coefficient (Wildman–Crippen LogP) is 16.4. The highest BCUT2D eigenvalue weighted by Crippen LogP contribution is 2.50. The largest absolute Gasteiger partial charge is 0.444 e. The van der Waals surface area contributed by atoms with Crippen LogP contribution in [0.5, 0.6) is 0 Å². The van der Waals surface area contributed by atoms with Crippen molar-refractivity contribution in [1.29, 1.82) is 0 Å². The van der Waals surface area contributed by atoms with Gasteiger partial charge in [0.1, 0.15) is 47.6 Å². The number of ketones is 1. The first kappa shape index (κ1) is 86.5. The van der Waals surface area contributed by atoms with Crippen LogP contribution in [0, 0.1) is 11.8 Å². The Morgan fingerprint density at radius 3 is 1.72 bits per heavy atom. The van der Waals surface area contributed by atoms with Crippen LogP contribution in [0.2, 0.25) is 28.2 Å². The molecule has 7 saturated heterocycles. The second-order valence-corrected chi connectivity index (χ2v) is 49.3. The van der Waals surface area contributed by atoms with Gasteiger partial charge in [0.2, 0.25) is 0 Å². The summed E-state index contributed by atoms with van der Waals surface area (Å²) in [5.41, 5.74) is 0.436. The first-order chi connectivity index (χ1) is 52.8. The van der Waals surface area contributed by atoms with Crippen molar-refractivity contribution >= 4 is 57.6 Å². The van der Waals surface area contributed by atoms with Gasteiger partial charge in [-0.3, -0.25) is 9.69 Å². The quantitative estimate of drug-likeness (QED) is 0.0252. The molecule has 0 spiro atoms. The van der Waals surface area contributed by atoms with Crippen molar-refractivity contribution in [3.05, 3.63) is 183 Å². The molecule has 0 bridgehead atoms. The summed E-state index contributed by atoms with van der Waals surface area (Å²) in [4.78, 5) is 31.2. The van der Waals surface area contributed by atoms with Crippen LogP contribution in [0.25, 0.3) is 0 Å².